The van der Waals surface area contributed by atoms with Gasteiger partial charge in [-0.1, -0.05) is 24.3 Å². The average Bonchev–Trinajstić information content (AvgIpc) is 3.19. The van der Waals surface area contributed by atoms with Gasteiger partial charge in [-0.05, 0) is 50.1 Å². The first-order chi connectivity index (χ1) is 14.1. The van der Waals surface area contributed by atoms with Gasteiger partial charge in [-0.15, -0.1) is 24.0 Å². The molecule has 0 amide bonds. The molecule has 1 unspecified atom stereocenters. The Morgan fingerprint density at radius 2 is 2.00 bits per heavy atom. The van der Waals surface area contributed by atoms with E-state index in [4.69, 9.17) is 9.47 Å². The molecule has 0 bridgehead atoms. The summed E-state index contributed by atoms with van der Waals surface area (Å²) in [7, 11) is 3.53. The molecule has 2 aromatic rings. The molecule has 0 spiro atoms. The lowest BCUT2D eigenvalue weighted by Gasteiger charge is -2.22. The second-order valence-electron chi connectivity index (χ2n) is 7.49. The monoisotopic (exact) mass is 524 g/mol. The molecule has 7 heteroatoms. The van der Waals surface area contributed by atoms with E-state index in [1.807, 2.05) is 38.1 Å². The Hall–Kier alpha value is -2.16. The molecule has 1 atom stereocenters. The molecular formula is C23H33IN4O2. The van der Waals surface area contributed by atoms with Crippen LogP contribution in [0.4, 0.5) is 5.69 Å². The minimum atomic E-state index is 0. The number of ether oxygens (including phenoxy) is 2. The summed E-state index contributed by atoms with van der Waals surface area (Å²) >= 11 is 0. The van der Waals surface area contributed by atoms with Gasteiger partial charge in [0.15, 0.2) is 5.96 Å². The van der Waals surface area contributed by atoms with Gasteiger partial charge in [-0.2, -0.15) is 0 Å². The van der Waals surface area contributed by atoms with Crippen molar-refractivity contribution in [3.63, 3.8) is 0 Å². The van der Waals surface area contributed by atoms with Crippen LogP contribution in [0.5, 0.6) is 11.5 Å². The molecule has 30 heavy (non-hydrogen) atoms. The molecule has 2 aromatic carbocycles. The molecule has 1 aliphatic rings. The van der Waals surface area contributed by atoms with Crippen molar-refractivity contribution in [1.29, 1.82) is 0 Å². The summed E-state index contributed by atoms with van der Waals surface area (Å²) in [5.74, 6) is 2.62. The van der Waals surface area contributed by atoms with Gasteiger partial charge in [0, 0.05) is 32.7 Å². The van der Waals surface area contributed by atoms with E-state index in [-0.39, 0.29) is 30.1 Å². The number of para-hydroxylation sites is 2. The summed E-state index contributed by atoms with van der Waals surface area (Å²) in [5, 5.41) is 6.96. The van der Waals surface area contributed by atoms with Gasteiger partial charge in [0.25, 0.3) is 0 Å². The molecular weight excluding hydrogens is 491 g/mol. The summed E-state index contributed by atoms with van der Waals surface area (Å²) in [5.41, 5.74) is 2.30. The van der Waals surface area contributed by atoms with E-state index in [1.54, 1.807) is 14.2 Å². The quantitative estimate of drug-likeness (QED) is 0.325. The second-order valence-corrected chi connectivity index (χ2v) is 7.49. The van der Waals surface area contributed by atoms with Crippen LogP contribution in [0.1, 0.15) is 25.8 Å². The molecule has 0 aliphatic carbocycles. The second kappa shape index (κ2) is 11.9. The Balaban J connectivity index is 0.00000320. The van der Waals surface area contributed by atoms with Gasteiger partial charge in [0.1, 0.15) is 11.5 Å². The van der Waals surface area contributed by atoms with E-state index in [1.165, 1.54) is 0 Å². The highest BCUT2D eigenvalue weighted by Crippen LogP contribution is 2.30. The average molecular weight is 524 g/mol. The Morgan fingerprint density at radius 1 is 1.20 bits per heavy atom. The third-order valence-corrected chi connectivity index (χ3v) is 4.91. The SMILES string of the molecule is CN=C(NCc1cccc(OC(C)C)c1)NC1CCN(c2ccccc2OC)C1.I. The van der Waals surface area contributed by atoms with Crippen molar-refractivity contribution in [3.05, 3.63) is 54.1 Å². The Morgan fingerprint density at radius 3 is 2.73 bits per heavy atom. The summed E-state index contributed by atoms with van der Waals surface area (Å²) in [6.07, 6.45) is 1.22. The van der Waals surface area contributed by atoms with Crippen LogP contribution in [0.3, 0.4) is 0 Å². The highest BCUT2D eigenvalue weighted by molar-refractivity contribution is 14.0. The van der Waals surface area contributed by atoms with E-state index in [0.29, 0.717) is 12.6 Å². The number of nitrogens with one attached hydrogen (secondary N) is 2. The number of guanidine groups is 1. The Bertz CT molecular complexity index is 828. The summed E-state index contributed by atoms with van der Waals surface area (Å²) in [4.78, 5) is 6.75. The fourth-order valence-corrected chi connectivity index (χ4v) is 3.56. The maximum Gasteiger partial charge on any atom is 0.191 e. The van der Waals surface area contributed by atoms with Gasteiger partial charge in [0.2, 0.25) is 0 Å². The van der Waals surface area contributed by atoms with Gasteiger partial charge < -0.3 is 25.0 Å². The van der Waals surface area contributed by atoms with E-state index >= 15 is 0 Å². The molecule has 6 nitrogen and oxygen atoms in total. The fourth-order valence-electron chi connectivity index (χ4n) is 3.56. The first kappa shape index (κ1) is 24.1. The van der Waals surface area contributed by atoms with Gasteiger partial charge >= 0.3 is 0 Å². The number of rotatable bonds is 7. The topological polar surface area (TPSA) is 58.1 Å². The van der Waals surface area contributed by atoms with Crippen LogP contribution in [0, 0.1) is 0 Å². The third kappa shape index (κ3) is 6.68. The van der Waals surface area contributed by atoms with Crippen molar-refractivity contribution >= 4 is 35.6 Å². The number of hydrogen-bond donors (Lipinski definition) is 2. The fraction of sp³-hybridized carbons (Fsp3) is 0.435. The molecule has 1 fully saturated rings. The van der Waals surface area contributed by atoms with Crippen LogP contribution < -0.4 is 25.0 Å². The van der Waals surface area contributed by atoms with Crippen LogP contribution in [0.15, 0.2) is 53.5 Å². The van der Waals surface area contributed by atoms with E-state index in [9.17, 15) is 0 Å². The number of benzene rings is 2. The maximum atomic E-state index is 5.78. The molecule has 1 aliphatic heterocycles. The lowest BCUT2D eigenvalue weighted by Crippen LogP contribution is -2.44. The van der Waals surface area contributed by atoms with Crippen molar-refractivity contribution in [2.45, 2.75) is 39.0 Å². The van der Waals surface area contributed by atoms with Crippen LogP contribution in [0.2, 0.25) is 0 Å². The van der Waals surface area contributed by atoms with Crippen molar-refractivity contribution in [3.8, 4) is 11.5 Å². The first-order valence-electron chi connectivity index (χ1n) is 10.2. The molecule has 1 saturated heterocycles. The molecule has 0 radical (unpaired) electrons. The van der Waals surface area contributed by atoms with Gasteiger partial charge in [0.05, 0.1) is 18.9 Å². The first-order valence-corrected chi connectivity index (χ1v) is 10.2. The van der Waals surface area contributed by atoms with Crippen molar-refractivity contribution in [2.24, 2.45) is 4.99 Å². The number of hydrogen-bond acceptors (Lipinski definition) is 4. The van der Waals surface area contributed by atoms with Crippen LogP contribution in [-0.2, 0) is 6.54 Å². The van der Waals surface area contributed by atoms with E-state index in [0.717, 1.165) is 48.2 Å². The van der Waals surface area contributed by atoms with E-state index < -0.39 is 0 Å². The smallest absolute Gasteiger partial charge is 0.191 e. The number of aliphatic imine (C=N–C) groups is 1. The normalized spacial score (nSPS) is 16.2. The van der Waals surface area contributed by atoms with Crippen LogP contribution >= 0.6 is 24.0 Å². The zero-order valence-electron chi connectivity index (χ0n) is 18.2. The Kier molecular flexibility index (Phi) is 9.55. The van der Waals surface area contributed by atoms with Gasteiger partial charge in [-0.3, -0.25) is 4.99 Å². The molecule has 164 valence electrons. The minimum absolute atomic E-state index is 0. The molecule has 1 heterocycles. The van der Waals surface area contributed by atoms with Crippen molar-refractivity contribution in [2.75, 3.05) is 32.1 Å². The van der Waals surface area contributed by atoms with Gasteiger partial charge in [-0.25, -0.2) is 0 Å². The molecule has 0 saturated carbocycles. The zero-order chi connectivity index (χ0) is 20.6. The van der Waals surface area contributed by atoms with Crippen LogP contribution in [0.25, 0.3) is 0 Å². The number of methoxy groups -OCH3 is 1. The molecule has 0 aromatic heterocycles. The number of nitrogens with zero attached hydrogens (tertiary/aromatic N) is 2. The molecule has 2 N–H and O–H groups in total. The summed E-state index contributed by atoms with van der Waals surface area (Å²) in [6.45, 7) is 6.67. The third-order valence-electron chi connectivity index (χ3n) is 4.91. The number of halogens is 1. The maximum absolute atomic E-state index is 5.78. The van der Waals surface area contributed by atoms with Crippen molar-refractivity contribution < 1.29 is 9.47 Å². The van der Waals surface area contributed by atoms with Crippen molar-refractivity contribution in [1.82, 2.24) is 10.6 Å². The predicted molar refractivity (Wildman–Crippen MR) is 135 cm³/mol. The highest BCUT2D eigenvalue weighted by atomic mass is 127. The largest absolute Gasteiger partial charge is 0.495 e. The highest BCUT2D eigenvalue weighted by Gasteiger charge is 2.25. The lowest BCUT2D eigenvalue weighted by atomic mass is 10.2. The minimum Gasteiger partial charge on any atom is -0.495 e. The van der Waals surface area contributed by atoms with Crippen LogP contribution in [-0.4, -0.2) is 45.4 Å². The van der Waals surface area contributed by atoms with E-state index in [2.05, 4.69) is 44.8 Å². The predicted octanol–water partition coefficient (Wildman–Crippen LogP) is 4.04. The zero-order valence-corrected chi connectivity index (χ0v) is 20.6. The Labute approximate surface area is 197 Å². The molecule has 3 rings (SSSR count). The lowest BCUT2D eigenvalue weighted by molar-refractivity contribution is 0.242. The summed E-state index contributed by atoms with van der Waals surface area (Å²) < 4.78 is 11.3. The number of anilines is 1. The summed E-state index contributed by atoms with van der Waals surface area (Å²) in [6, 6.07) is 16.7. The standard InChI is InChI=1S/C23H32N4O2.HI/c1-17(2)29-20-9-7-8-18(14-20)15-25-23(24-3)26-19-12-13-27(16-19)21-10-5-6-11-22(21)28-4;/h5-11,14,17,19H,12-13,15-16H2,1-4H3,(H2,24,25,26);1H.